The zero-order valence-corrected chi connectivity index (χ0v) is 15.2. The van der Waals surface area contributed by atoms with Gasteiger partial charge < -0.3 is 10.1 Å². The van der Waals surface area contributed by atoms with Gasteiger partial charge in [0.15, 0.2) is 9.84 Å². The molecule has 0 atom stereocenters. The van der Waals surface area contributed by atoms with Gasteiger partial charge in [0.05, 0.1) is 11.5 Å². The molecule has 7 nitrogen and oxygen atoms in total. The lowest BCUT2D eigenvalue weighted by Crippen LogP contribution is -2.08. The summed E-state index contributed by atoms with van der Waals surface area (Å²) < 4.78 is 29.1. The summed E-state index contributed by atoms with van der Waals surface area (Å²) >= 11 is 5.95. The van der Waals surface area contributed by atoms with E-state index in [9.17, 15) is 18.5 Å². The number of anilines is 1. The third-order valence-corrected chi connectivity index (χ3v) is 4.74. The number of nitro groups is 1. The Morgan fingerprint density at radius 3 is 2.60 bits per heavy atom. The van der Waals surface area contributed by atoms with E-state index >= 15 is 0 Å². The van der Waals surface area contributed by atoms with E-state index in [0.29, 0.717) is 17.4 Å². The maximum absolute atomic E-state index is 11.8. The van der Waals surface area contributed by atoms with Gasteiger partial charge in [0.25, 0.3) is 0 Å². The normalized spacial score (nSPS) is 11.2. The number of halogens is 1. The van der Waals surface area contributed by atoms with Crippen molar-refractivity contribution in [2.45, 2.75) is 18.4 Å². The van der Waals surface area contributed by atoms with Crippen LogP contribution in [0.5, 0.6) is 5.75 Å². The molecule has 2 aromatic rings. The van der Waals surface area contributed by atoms with Crippen LogP contribution in [0.25, 0.3) is 0 Å². The van der Waals surface area contributed by atoms with Crippen LogP contribution in [0.4, 0.5) is 11.4 Å². The van der Waals surface area contributed by atoms with Crippen LogP contribution in [0, 0.1) is 10.1 Å². The highest BCUT2D eigenvalue weighted by Crippen LogP contribution is 2.33. The van der Waals surface area contributed by atoms with E-state index in [4.69, 9.17) is 16.3 Å². The molecule has 0 spiro atoms. The van der Waals surface area contributed by atoms with Crippen molar-refractivity contribution in [2.24, 2.45) is 0 Å². The smallest absolute Gasteiger partial charge is 0.310 e. The molecule has 0 aliphatic carbocycles. The number of ether oxygens (including phenoxy) is 1. The Balaban J connectivity index is 2.38. The van der Waals surface area contributed by atoms with Crippen LogP contribution in [-0.4, -0.2) is 26.2 Å². The molecule has 0 amide bonds. The molecule has 0 radical (unpaired) electrons. The molecule has 0 aliphatic rings. The van der Waals surface area contributed by atoms with Gasteiger partial charge in [-0.1, -0.05) is 23.7 Å². The fourth-order valence-corrected chi connectivity index (χ4v) is 3.33. The Hall–Kier alpha value is -2.32. The fourth-order valence-electron chi connectivity index (χ4n) is 2.31. The van der Waals surface area contributed by atoms with Gasteiger partial charge in [-0.2, -0.15) is 0 Å². The lowest BCUT2D eigenvalue weighted by molar-refractivity contribution is -0.386. The highest BCUT2D eigenvalue weighted by Gasteiger charge is 2.26. The van der Waals surface area contributed by atoms with E-state index in [2.05, 4.69) is 5.32 Å². The standard InChI is InChI=1S/C16H17ClN2O5S/c1-3-24-14-9-12(17)8-7-11(14)10-18-13-5-4-6-15(25(2,22)23)16(13)19(20)21/h4-9,18H,3,10H2,1-2H3. The van der Waals surface area contributed by atoms with E-state index in [-0.39, 0.29) is 17.1 Å². The number of rotatable bonds is 7. The summed E-state index contributed by atoms with van der Waals surface area (Å²) in [4.78, 5) is 10.3. The van der Waals surface area contributed by atoms with Crippen LogP contribution in [0.2, 0.25) is 5.02 Å². The molecular formula is C16H17ClN2O5S. The average Bonchev–Trinajstić information content (AvgIpc) is 2.53. The summed E-state index contributed by atoms with van der Waals surface area (Å²) in [5.41, 5.74) is 0.382. The van der Waals surface area contributed by atoms with Gasteiger partial charge in [-0.15, -0.1) is 0 Å². The molecule has 0 heterocycles. The molecule has 2 aromatic carbocycles. The van der Waals surface area contributed by atoms with Crippen molar-refractivity contribution in [1.29, 1.82) is 0 Å². The Kier molecular flexibility index (Phi) is 5.86. The molecule has 0 fully saturated rings. The van der Waals surface area contributed by atoms with E-state index < -0.39 is 20.4 Å². The summed E-state index contributed by atoms with van der Waals surface area (Å²) in [6.07, 6.45) is 0.936. The number of nitrogens with zero attached hydrogens (tertiary/aromatic N) is 1. The lowest BCUT2D eigenvalue weighted by Gasteiger charge is -2.13. The first-order chi connectivity index (χ1) is 11.7. The molecule has 0 unspecified atom stereocenters. The largest absolute Gasteiger partial charge is 0.493 e. The third kappa shape index (κ3) is 4.61. The minimum atomic E-state index is -3.73. The average molecular weight is 385 g/mol. The maximum Gasteiger partial charge on any atom is 0.310 e. The summed E-state index contributed by atoms with van der Waals surface area (Å²) in [5, 5.41) is 14.8. The first-order valence-electron chi connectivity index (χ1n) is 7.36. The predicted molar refractivity (Wildman–Crippen MR) is 96.2 cm³/mol. The van der Waals surface area contributed by atoms with Crippen molar-refractivity contribution >= 4 is 32.8 Å². The summed E-state index contributed by atoms with van der Waals surface area (Å²) in [7, 11) is -3.73. The molecule has 2 rings (SSSR count). The minimum absolute atomic E-state index is 0.116. The van der Waals surface area contributed by atoms with Crippen LogP contribution in [0.3, 0.4) is 0 Å². The summed E-state index contributed by atoms with van der Waals surface area (Å²) in [6.45, 7) is 2.48. The zero-order valence-electron chi connectivity index (χ0n) is 13.7. The van der Waals surface area contributed by atoms with Crippen molar-refractivity contribution < 1.29 is 18.1 Å². The Morgan fingerprint density at radius 2 is 2.00 bits per heavy atom. The zero-order chi connectivity index (χ0) is 18.6. The van der Waals surface area contributed by atoms with Crippen LogP contribution in [0.15, 0.2) is 41.3 Å². The molecule has 9 heteroatoms. The molecule has 0 bridgehead atoms. The van der Waals surface area contributed by atoms with Crippen LogP contribution in [-0.2, 0) is 16.4 Å². The first kappa shape index (κ1) is 19.0. The molecule has 0 aliphatic heterocycles. The van der Waals surface area contributed by atoms with Gasteiger partial charge in [-0.3, -0.25) is 10.1 Å². The molecule has 134 valence electrons. The second kappa shape index (κ2) is 7.71. The van der Waals surface area contributed by atoms with Crippen LogP contribution in [0.1, 0.15) is 12.5 Å². The number of hydrogen-bond donors (Lipinski definition) is 1. The Labute approximate surface area is 150 Å². The Bertz CT molecular complexity index is 899. The molecule has 0 saturated heterocycles. The van der Waals surface area contributed by atoms with E-state index in [0.717, 1.165) is 11.8 Å². The van der Waals surface area contributed by atoms with Crippen molar-refractivity contribution in [3.63, 3.8) is 0 Å². The summed E-state index contributed by atoms with van der Waals surface area (Å²) in [5.74, 6) is 0.560. The topological polar surface area (TPSA) is 98.5 Å². The molecule has 0 aromatic heterocycles. The number of nitro benzene ring substituents is 1. The van der Waals surface area contributed by atoms with Gasteiger partial charge in [0.1, 0.15) is 16.3 Å². The minimum Gasteiger partial charge on any atom is -0.493 e. The van der Waals surface area contributed by atoms with Crippen molar-refractivity contribution in [1.82, 2.24) is 0 Å². The molecule has 0 saturated carbocycles. The maximum atomic E-state index is 11.8. The monoisotopic (exact) mass is 384 g/mol. The van der Waals surface area contributed by atoms with Crippen LogP contribution < -0.4 is 10.1 Å². The first-order valence-corrected chi connectivity index (χ1v) is 9.63. The van der Waals surface area contributed by atoms with Gasteiger partial charge in [-0.25, -0.2) is 8.42 Å². The summed E-state index contributed by atoms with van der Waals surface area (Å²) in [6, 6.07) is 9.21. The molecular weight excluding hydrogens is 368 g/mol. The molecule has 25 heavy (non-hydrogen) atoms. The quantitative estimate of drug-likeness (QED) is 0.577. The van der Waals surface area contributed by atoms with Crippen molar-refractivity contribution in [3.05, 3.63) is 57.1 Å². The number of benzene rings is 2. The number of nitrogens with one attached hydrogen (secondary N) is 1. The highest BCUT2D eigenvalue weighted by atomic mass is 35.5. The number of hydrogen-bond acceptors (Lipinski definition) is 6. The third-order valence-electron chi connectivity index (χ3n) is 3.38. The van der Waals surface area contributed by atoms with Crippen molar-refractivity contribution in [3.8, 4) is 5.75 Å². The lowest BCUT2D eigenvalue weighted by atomic mass is 10.2. The molecule has 1 N–H and O–H groups in total. The predicted octanol–water partition coefficient (Wildman–Crippen LogP) is 3.66. The fraction of sp³-hybridized carbons (Fsp3) is 0.250. The second-order valence-corrected chi connectivity index (χ2v) is 7.64. The van der Waals surface area contributed by atoms with Crippen molar-refractivity contribution in [2.75, 3.05) is 18.2 Å². The second-order valence-electron chi connectivity index (χ2n) is 5.22. The number of para-hydroxylation sites is 1. The van der Waals surface area contributed by atoms with Gasteiger partial charge in [0, 0.05) is 23.4 Å². The van der Waals surface area contributed by atoms with E-state index in [1.54, 1.807) is 18.2 Å². The van der Waals surface area contributed by atoms with Gasteiger partial charge >= 0.3 is 5.69 Å². The van der Waals surface area contributed by atoms with Gasteiger partial charge in [0.2, 0.25) is 0 Å². The van der Waals surface area contributed by atoms with E-state index in [1.807, 2.05) is 6.92 Å². The Morgan fingerprint density at radius 1 is 1.28 bits per heavy atom. The number of sulfone groups is 1. The van der Waals surface area contributed by atoms with Gasteiger partial charge in [-0.05, 0) is 31.2 Å². The highest BCUT2D eigenvalue weighted by molar-refractivity contribution is 7.90. The van der Waals surface area contributed by atoms with E-state index in [1.165, 1.54) is 18.2 Å². The van der Waals surface area contributed by atoms with Crippen LogP contribution >= 0.6 is 11.6 Å². The SMILES string of the molecule is CCOc1cc(Cl)ccc1CNc1cccc(S(C)(=O)=O)c1[N+](=O)[O-].